The fraction of sp³-hybridized carbons (Fsp3) is 0.106. The molecule has 0 amide bonds. The average molecular weight is 1330 g/mol. The van der Waals surface area contributed by atoms with Crippen molar-refractivity contribution >= 4 is 68.2 Å². The number of rotatable bonds is 21. The van der Waals surface area contributed by atoms with Gasteiger partial charge in [0.05, 0.1) is 34.1 Å². The summed E-state index contributed by atoms with van der Waals surface area (Å²) in [4.78, 5) is 9.67. The number of hydrogen-bond donors (Lipinski definition) is 0. The highest BCUT2D eigenvalue weighted by atomic mass is 16.5. The second kappa shape index (κ2) is 28.4. The maximum absolute atomic E-state index is 5.93. The van der Waals surface area contributed by atoms with Gasteiger partial charge >= 0.3 is 0 Å². The molecule has 0 fully saturated rings. The molecule has 0 bridgehead atoms. The zero-order valence-corrected chi connectivity index (χ0v) is 58.5. The third-order valence-corrected chi connectivity index (χ3v) is 20.0. The second-order valence-corrected chi connectivity index (χ2v) is 26.8. The SMILES string of the molecule is COc1ccc(N(c2ccc(-c3ccccc3)cc2)c2cc(N(c3ccc(OC)cc3)c3ccc(-c4ccccc4)cc3)cc(C3(C)CC(C)(C)c4cc(N(c5ccc(OC)cc5)c5ccc(-c6ccccc6)cc5)cc(N(c5ccc(OC)cc5)c5ccc(-c6ccccc6)cc5)c43)c2)cc1. The van der Waals surface area contributed by atoms with E-state index in [4.69, 9.17) is 18.9 Å². The van der Waals surface area contributed by atoms with Crippen LogP contribution in [0.5, 0.6) is 23.0 Å². The van der Waals surface area contributed by atoms with E-state index in [-0.39, 0.29) is 0 Å². The van der Waals surface area contributed by atoms with Gasteiger partial charge in [0.25, 0.3) is 0 Å². The van der Waals surface area contributed by atoms with Crippen LogP contribution in [0.25, 0.3) is 44.5 Å². The lowest BCUT2D eigenvalue weighted by molar-refractivity contribution is 0.414. The Morgan fingerprint density at radius 1 is 0.235 bits per heavy atom. The first kappa shape index (κ1) is 65.4. The van der Waals surface area contributed by atoms with E-state index in [0.29, 0.717) is 0 Å². The van der Waals surface area contributed by atoms with Gasteiger partial charge in [0.15, 0.2) is 0 Å². The summed E-state index contributed by atoms with van der Waals surface area (Å²) in [5, 5.41) is 0. The molecule has 1 atom stereocenters. The average Bonchev–Trinajstić information content (AvgIpc) is 1.53. The maximum atomic E-state index is 5.93. The van der Waals surface area contributed by atoms with Crippen LogP contribution < -0.4 is 38.5 Å². The molecule has 0 spiro atoms. The number of anilines is 12. The van der Waals surface area contributed by atoms with Crippen LogP contribution in [0.3, 0.4) is 0 Å². The molecule has 1 aliphatic carbocycles. The van der Waals surface area contributed by atoms with E-state index in [9.17, 15) is 0 Å². The van der Waals surface area contributed by atoms with E-state index in [1.165, 1.54) is 11.1 Å². The quantitative estimate of drug-likeness (QED) is 0.0705. The van der Waals surface area contributed by atoms with Crippen LogP contribution in [0.1, 0.15) is 43.9 Å². The van der Waals surface area contributed by atoms with Crippen molar-refractivity contribution in [3.05, 3.63) is 362 Å². The summed E-state index contributed by atoms with van der Waals surface area (Å²) in [6, 6.07) is 124. The highest BCUT2D eigenvalue weighted by Gasteiger charge is 2.49. The number of hydrogen-bond acceptors (Lipinski definition) is 8. The van der Waals surface area contributed by atoms with E-state index in [1.54, 1.807) is 28.4 Å². The van der Waals surface area contributed by atoms with Gasteiger partial charge in [0, 0.05) is 68.0 Å². The van der Waals surface area contributed by atoms with E-state index in [2.05, 4.69) is 386 Å². The summed E-state index contributed by atoms with van der Waals surface area (Å²) < 4.78 is 23.5. The number of ether oxygens (including phenoxy) is 4. The lowest BCUT2D eigenvalue weighted by Gasteiger charge is -2.37. The highest BCUT2D eigenvalue weighted by molar-refractivity contribution is 5.91. The fourth-order valence-electron chi connectivity index (χ4n) is 14.9. The van der Waals surface area contributed by atoms with Crippen LogP contribution in [0.2, 0.25) is 0 Å². The van der Waals surface area contributed by atoms with Gasteiger partial charge in [-0.25, -0.2) is 0 Å². The highest BCUT2D eigenvalue weighted by Crippen LogP contribution is 2.61. The second-order valence-electron chi connectivity index (χ2n) is 26.8. The minimum atomic E-state index is -0.708. The summed E-state index contributed by atoms with van der Waals surface area (Å²) in [5.74, 6) is 3.09. The van der Waals surface area contributed by atoms with E-state index in [1.807, 2.05) is 0 Å². The topological polar surface area (TPSA) is 49.9 Å². The van der Waals surface area contributed by atoms with Gasteiger partial charge in [-0.05, 0) is 249 Å². The van der Waals surface area contributed by atoms with Crippen LogP contribution >= 0.6 is 0 Å². The van der Waals surface area contributed by atoms with Crippen molar-refractivity contribution in [1.29, 1.82) is 0 Å². The van der Waals surface area contributed by atoms with Crippen molar-refractivity contribution in [3.8, 4) is 67.5 Å². The summed E-state index contributed by atoms with van der Waals surface area (Å²) in [6.45, 7) is 7.35. The Hall–Kier alpha value is -12.5. The Morgan fingerprint density at radius 2 is 0.471 bits per heavy atom. The molecule has 0 saturated carbocycles. The lowest BCUT2D eigenvalue weighted by Crippen LogP contribution is -2.26. The zero-order valence-electron chi connectivity index (χ0n) is 58.5. The molecule has 500 valence electrons. The molecule has 15 rings (SSSR count). The lowest BCUT2D eigenvalue weighted by atomic mass is 9.74. The van der Waals surface area contributed by atoms with Gasteiger partial charge in [-0.3, -0.25) is 0 Å². The van der Waals surface area contributed by atoms with Crippen molar-refractivity contribution < 1.29 is 18.9 Å². The monoisotopic (exact) mass is 1330 g/mol. The van der Waals surface area contributed by atoms with Crippen molar-refractivity contribution in [3.63, 3.8) is 0 Å². The van der Waals surface area contributed by atoms with Gasteiger partial charge in [-0.15, -0.1) is 0 Å². The molecule has 1 aliphatic rings. The predicted octanol–water partition coefficient (Wildman–Crippen LogP) is 25.3. The largest absolute Gasteiger partial charge is 0.497 e. The van der Waals surface area contributed by atoms with Crippen LogP contribution in [0.15, 0.2) is 346 Å². The first-order valence-corrected chi connectivity index (χ1v) is 34.7. The molecule has 0 heterocycles. The van der Waals surface area contributed by atoms with Gasteiger partial charge < -0.3 is 38.5 Å². The molecule has 1 unspecified atom stereocenters. The minimum absolute atomic E-state index is 0.428. The smallest absolute Gasteiger partial charge is 0.119 e. The number of fused-ring (bicyclic) bond motifs is 1. The van der Waals surface area contributed by atoms with Crippen molar-refractivity contribution in [2.24, 2.45) is 0 Å². The third-order valence-electron chi connectivity index (χ3n) is 20.0. The molecule has 0 N–H and O–H groups in total. The number of nitrogens with zero attached hydrogens (tertiary/aromatic N) is 4. The summed E-state index contributed by atoms with van der Waals surface area (Å²) >= 11 is 0. The molecule has 14 aromatic carbocycles. The third kappa shape index (κ3) is 13.1. The number of methoxy groups -OCH3 is 4. The molecular weight excluding hydrogens is 1250 g/mol. The van der Waals surface area contributed by atoms with Gasteiger partial charge in [0.2, 0.25) is 0 Å². The van der Waals surface area contributed by atoms with E-state index < -0.39 is 10.8 Å². The molecule has 0 radical (unpaired) electrons. The van der Waals surface area contributed by atoms with Gasteiger partial charge in [-0.2, -0.15) is 0 Å². The van der Waals surface area contributed by atoms with Crippen LogP contribution in [-0.2, 0) is 10.8 Å². The summed E-state index contributed by atoms with van der Waals surface area (Å²) in [5.41, 5.74) is 23.4. The van der Waals surface area contributed by atoms with E-state index >= 15 is 0 Å². The molecular formula is C94H80N4O4. The maximum Gasteiger partial charge on any atom is 0.119 e. The Labute approximate surface area is 599 Å². The first-order chi connectivity index (χ1) is 49.9. The van der Waals surface area contributed by atoms with Gasteiger partial charge in [0.1, 0.15) is 23.0 Å². The normalized spacial score (nSPS) is 13.5. The first-order valence-electron chi connectivity index (χ1n) is 34.7. The van der Waals surface area contributed by atoms with Crippen LogP contribution in [0, 0.1) is 0 Å². The molecule has 0 aromatic heterocycles. The van der Waals surface area contributed by atoms with E-state index in [0.717, 1.165) is 148 Å². The van der Waals surface area contributed by atoms with Gasteiger partial charge in [-0.1, -0.05) is 191 Å². The molecule has 0 aliphatic heterocycles. The Morgan fingerprint density at radius 3 is 0.735 bits per heavy atom. The zero-order chi connectivity index (χ0) is 69.7. The fourth-order valence-corrected chi connectivity index (χ4v) is 14.9. The molecule has 102 heavy (non-hydrogen) atoms. The predicted molar refractivity (Wildman–Crippen MR) is 424 cm³/mol. The van der Waals surface area contributed by atoms with Crippen molar-refractivity contribution in [2.75, 3.05) is 48.0 Å². The summed E-state index contributed by atoms with van der Waals surface area (Å²) in [7, 11) is 6.89. The molecule has 14 aromatic rings. The van der Waals surface area contributed by atoms with Crippen LogP contribution in [-0.4, -0.2) is 28.4 Å². The molecule has 8 heteroatoms. The van der Waals surface area contributed by atoms with Crippen LogP contribution in [0.4, 0.5) is 68.2 Å². The Kier molecular flexibility index (Phi) is 18.2. The standard InChI is InChI=1S/C94H80N4O4/c1-93(2)65-94(3,74-60-83(95(78-44-52-86(99-4)53-45-78)75-36-28-70(29-37-75)66-20-12-8-13-21-66)62-84(61-74)96(79-46-54-87(100-5)55-47-79)76-38-30-71(31-39-76)67-22-14-9-15-23-67)92-90(93)63-85(97(80-48-56-88(101-6)57-49-80)77-40-32-72(33-41-77)68-24-16-10-17-25-68)64-91(92)98(82-50-58-89(102-7)59-51-82)81-42-34-73(35-43-81)69-26-18-11-19-27-69/h8-64H,65H2,1-7H3. The minimum Gasteiger partial charge on any atom is -0.497 e. The van der Waals surface area contributed by atoms with Crippen molar-refractivity contribution in [2.45, 2.75) is 38.0 Å². The summed E-state index contributed by atoms with van der Waals surface area (Å²) in [6.07, 6.45) is 0.745. The molecule has 8 nitrogen and oxygen atoms in total. The molecule has 0 saturated heterocycles. The van der Waals surface area contributed by atoms with Crippen molar-refractivity contribution in [1.82, 2.24) is 0 Å². The Bertz CT molecular complexity index is 5000. The Balaban J connectivity index is 1.02. The number of benzene rings is 14.